The first-order valence-electron chi connectivity index (χ1n) is 5.17. The minimum Gasteiger partial charge on any atom is -0.381 e. The molecule has 1 unspecified atom stereocenters. The third-order valence-corrected chi connectivity index (χ3v) is 2.75. The summed E-state index contributed by atoms with van der Waals surface area (Å²) in [5.74, 6) is 0. The molecule has 0 saturated heterocycles. The number of halogens is 1. The van der Waals surface area contributed by atoms with Crippen molar-refractivity contribution < 1.29 is 9.66 Å². The molecular weight excluding hydrogens is 244 g/mol. The Balaban J connectivity index is 2.90. The Hall–Kier alpha value is -1.33. The van der Waals surface area contributed by atoms with E-state index in [1.165, 1.54) is 12.1 Å². The SMILES string of the molecule is COC(C)CNc1c(C)cc([N+](=O)[O-])cc1Cl. The van der Waals surface area contributed by atoms with Crippen molar-refractivity contribution >= 4 is 23.0 Å². The van der Waals surface area contributed by atoms with E-state index in [-0.39, 0.29) is 11.8 Å². The molecule has 0 aliphatic heterocycles. The maximum absolute atomic E-state index is 10.6. The zero-order chi connectivity index (χ0) is 13.0. The third-order valence-electron chi connectivity index (χ3n) is 2.45. The molecule has 0 spiro atoms. The number of ether oxygens (including phenoxy) is 1. The Kier molecular flexibility index (Phi) is 4.72. The molecule has 1 N–H and O–H groups in total. The van der Waals surface area contributed by atoms with E-state index in [2.05, 4.69) is 5.32 Å². The molecule has 1 atom stereocenters. The topological polar surface area (TPSA) is 64.4 Å². The molecule has 0 bridgehead atoms. The minimum atomic E-state index is -0.458. The van der Waals surface area contributed by atoms with Crippen LogP contribution < -0.4 is 5.32 Å². The summed E-state index contributed by atoms with van der Waals surface area (Å²) in [4.78, 5) is 10.2. The average molecular weight is 259 g/mol. The number of aryl methyl sites for hydroxylation is 1. The van der Waals surface area contributed by atoms with Crippen LogP contribution in [0.4, 0.5) is 11.4 Å². The van der Waals surface area contributed by atoms with Crippen LogP contribution in [0.2, 0.25) is 5.02 Å². The van der Waals surface area contributed by atoms with Gasteiger partial charge in [0, 0.05) is 25.8 Å². The normalized spacial score (nSPS) is 12.2. The maximum atomic E-state index is 10.6. The van der Waals surface area contributed by atoms with Gasteiger partial charge in [0.2, 0.25) is 0 Å². The van der Waals surface area contributed by atoms with Gasteiger partial charge in [0.25, 0.3) is 5.69 Å². The van der Waals surface area contributed by atoms with Crippen LogP contribution in [0, 0.1) is 17.0 Å². The Morgan fingerprint density at radius 3 is 2.71 bits per heavy atom. The molecule has 1 aromatic carbocycles. The molecule has 0 fully saturated rings. The van der Waals surface area contributed by atoms with Gasteiger partial charge >= 0.3 is 0 Å². The van der Waals surface area contributed by atoms with E-state index >= 15 is 0 Å². The van der Waals surface area contributed by atoms with E-state index in [0.29, 0.717) is 17.3 Å². The lowest BCUT2D eigenvalue weighted by molar-refractivity contribution is -0.384. The van der Waals surface area contributed by atoms with Gasteiger partial charge in [-0.3, -0.25) is 10.1 Å². The lowest BCUT2D eigenvalue weighted by atomic mass is 10.1. The van der Waals surface area contributed by atoms with Gasteiger partial charge in [0.15, 0.2) is 0 Å². The van der Waals surface area contributed by atoms with Crippen molar-refractivity contribution in [2.75, 3.05) is 19.0 Å². The van der Waals surface area contributed by atoms with E-state index in [9.17, 15) is 10.1 Å². The summed E-state index contributed by atoms with van der Waals surface area (Å²) in [5, 5.41) is 14.1. The number of nitrogens with one attached hydrogen (secondary N) is 1. The van der Waals surface area contributed by atoms with E-state index in [1.807, 2.05) is 6.92 Å². The fraction of sp³-hybridized carbons (Fsp3) is 0.455. The van der Waals surface area contributed by atoms with Crippen molar-refractivity contribution in [3.63, 3.8) is 0 Å². The average Bonchev–Trinajstić information content (AvgIpc) is 2.27. The molecule has 0 aromatic heterocycles. The van der Waals surface area contributed by atoms with E-state index in [1.54, 1.807) is 14.0 Å². The monoisotopic (exact) mass is 258 g/mol. The number of methoxy groups -OCH3 is 1. The van der Waals surface area contributed by atoms with Gasteiger partial charge in [-0.1, -0.05) is 11.6 Å². The van der Waals surface area contributed by atoms with Gasteiger partial charge in [-0.25, -0.2) is 0 Å². The molecule has 0 saturated carbocycles. The van der Waals surface area contributed by atoms with Crippen molar-refractivity contribution in [3.8, 4) is 0 Å². The molecule has 0 heterocycles. The highest BCUT2D eigenvalue weighted by molar-refractivity contribution is 6.33. The summed E-state index contributed by atoms with van der Waals surface area (Å²) in [7, 11) is 1.62. The quantitative estimate of drug-likeness (QED) is 0.651. The molecule has 6 heteroatoms. The molecule has 94 valence electrons. The maximum Gasteiger partial charge on any atom is 0.271 e. The molecular formula is C11H15ClN2O3. The lowest BCUT2D eigenvalue weighted by Gasteiger charge is -2.14. The van der Waals surface area contributed by atoms with Crippen LogP contribution in [0.1, 0.15) is 12.5 Å². The number of hydrogen-bond donors (Lipinski definition) is 1. The van der Waals surface area contributed by atoms with Crippen LogP contribution in [-0.4, -0.2) is 24.7 Å². The van der Waals surface area contributed by atoms with Gasteiger partial charge in [-0.05, 0) is 19.4 Å². The van der Waals surface area contributed by atoms with Crippen molar-refractivity contribution in [1.29, 1.82) is 0 Å². The predicted molar refractivity (Wildman–Crippen MR) is 67.8 cm³/mol. The van der Waals surface area contributed by atoms with Crippen molar-refractivity contribution in [2.24, 2.45) is 0 Å². The van der Waals surface area contributed by atoms with Gasteiger partial charge in [-0.2, -0.15) is 0 Å². The molecule has 1 rings (SSSR count). The zero-order valence-corrected chi connectivity index (χ0v) is 10.7. The van der Waals surface area contributed by atoms with Crippen LogP contribution in [0.5, 0.6) is 0 Å². The number of nitro groups is 1. The van der Waals surface area contributed by atoms with Crippen molar-refractivity contribution in [1.82, 2.24) is 0 Å². The number of non-ortho nitro benzene ring substituents is 1. The summed E-state index contributed by atoms with van der Waals surface area (Å²) >= 11 is 6.00. The second kappa shape index (κ2) is 5.84. The number of anilines is 1. The molecule has 0 radical (unpaired) electrons. The van der Waals surface area contributed by atoms with Crippen LogP contribution in [-0.2, 0) is 4.74 Å². The predicted octanol–water partition coefficient (Wildman–Crippen LogP) is 3.00. The first kappa shape index (κ1) is 13.7. The summed E-state index contributed by atoms with van der Waals surface area (Å²) in [6.07, 6.45) is 0.0423. The van der Waals surface area contributed by atoms with Gasteiger partial charge in [0.1, 0.15) is 0 Å². The minimum absolute atomic E-state index is 0.00200. The number of hydrogen-bond acceptors (Lipinski definition) is 4. The largest absolute Gasteiger partial charge is 0.381 e. The van der Waals surface area contributed by atoms with Gasteiger partial charge < -0.3 is 10.1 Å². The van der Waals surface area contributed by atoms with Crippen LogP contribution in [0.3, 0.4) is 0 Å². The van der Waals surface area contributed by atoms with Crippen LogP contribution in [0.15, 0.2) is 12.1 Å². The van der Waals surface area contributed by atoms with Gasteiger partial charge in [-0.15, -0.1) is 0 Å². The fourth-order valence-electron chi connectivity index (χ4n) is 1.38. The van der Waals surface area contributed by atoms with Crippen LogP contribution in [0.25, 0.3) is 0 Å². The second-order valence-corrected chi connectivity index (χ2v) is 4.21. The standard InChI is InChI=1S/C11H15ClN2O3/c1-7-4-9(14(15)16)5-10(12)11(7)13-6-8(2)17-3/h4-5,8,13H,6H2,1-3H3. The molecule has 0 aliphatic rings. The number of benzene rings is 1. The Bertz CT molecular complexity index is 400. The summed E-state index contributed by atoms with van der Waals surface area (Å²) in [6.45, 7) is 4.29. The number of nitro benzene ring substituents is 1. The highest BCUT2D eigenvalue weighted by Gasteiger charge is 2.13. The smallest absolute Gasteiger partial charge is 0.271 e. The zero-order valence-electron chi connectivity index (χ0n) is 9.99. The van der Waals surface area contributed by atoms with Gasteiger partial charge in [0.05, 0.1) is 21.7 Å². The first-order valence-corrected chi connectivity index (χ1v) is 5.54. The Labute approximate surface area is 105 Å². The summed E-state index contributed by atoms with van der Waals surface area (Å²) in [6, 6.07) is 2.83. The van der Waals surface area contributed by atoms with Crippen molar-refractivity contribution in [3.05, 3.63) is 32.8 Å². The molecule has 17 heavy (non-hydrogen) atoms. The van der Waals surface area contributed by atoms with E-state index in [0.717, 1.165) is 5.56 Å². The highest BCUT2D eigenvalue weighted by atomic mass is 35.5. The molecule has 1 aromatic rings. The first-order chi connectivity index (χ1) is 7.95. The number of nitrogens with zero attached hydrogens (tertiary/aromatic N) is 1. The number of rotatable bonds is 5. The van der Waals surface area contributed by atoms with Crippen LogP contribution >= 0.6 is 11.6 Å². The fourth-order valence-corrected chi connectivity index (χ4v) is 1.71. The highest BCUT2D eigenvalue weighted by Crippen LogP contribution is 2.30. The van der Waals surface area contributed by atoms with E-state index in [4.69, 9.17) is 16.3 Å². The molecule has 0 amide bonds. The van der Waals surface area contributed by atoms with Crippen molar-refractivity contribution in [2.45, 2.75) is 20.0 Å². The lowest BCUT2D eigenvalue weighted by Crippen LogP contribution is -2.18. The molecule has 0 aliphatic carbocycles. The van der Waals surface area contributed by atoms with E-state index < -0.39 is 4.92 Å². The summed E-state index contributed by atoms with van der Waals surface area (Å²) in [5.41, 5.74) is 1.45. The second-order valence-electron chi connectivity index (χ2n) is 3.80. The Morgan fingerprint density at radius 1 is 1.59 bits per heavy atom. The molecule has 5 nitrogen and oxygen atoms in total. The Morgan fingerprint density at radius 2 is 2.24 bits per heavy atom. The summed E-state index contributed by atoms with van der Waals surface area (Å²) < 4.78 is 5.10. The third kappa shape index (κ3) is 3.57.